The van der Waals surface area contributed by atoms with Crippen LogP contribution < -0.4 is 5.56 Å². The molecule has 0 fully saturated rings. The smallest absolute Gasteiger partial charge is 0.323 e. The van der Waals surface area contributed by atoms with E-state index in [9.17, 15) is 14.7 Å². The standard InChI is InChI=1S/C18H13N3O3S2/c1-10-14(12-5-3-7-25-12)15-17(26-10)20-16(11-4-2-6-19-8-11)21(18(15)24)9-13(22)23/h2-8H,9H2,1H3,(H,22,23). The molecule has 0 saturated heterocycles. The molecule has 0 aromatic carbocycles. The van der Waals surface area contributed by atoms with Crippen molar-refractivity contribution in [1.29, 1.82) is 0 Å². The number of aryl methyl sites for hydroxylation is 1. The van der Waals surface area contributed by atoms with Crippen LogP contribution in [0.25, 0.3) is 32.0 Å². The number of pyridine rings is 1. The third-order valence-electron chi connectivity index (χ3n) is 3.97. The highest BCUT2D eigenvalue weighted by molar-refractivity contribution is 7.20. The molecule has 0 aliphatic carbocycles. The second-order valence-corrected chi connectivity index (χ2v) is 7.80. The normalized spacial score (nSPS) is 11.1. The van der Waals surface area contributed by atoms with Crippen LogP contribution in [-0.2, 0) is 11.3 Å². The van der Waals surface area contributed by atoms with Gasteiger partial charge in [-0.05, 0) is 30.5 Å². The van der Waals surface area contributed by atoms with Gasteiger partial charge in [-0.25, -0.2) is 4.98 Å². The first-order chi connectivity index (χ1) is 12.6. The minimum Gasteiger partial charge on any atom is -0.480 e. The Balaban J connectivity index is 2.09. The molecule has 0 atom stereocenters. The monoisotopic (exact) mass is 383 g/mol. The summed E-state index contributed by atoms with van der Waals surface area (Å²) in [5.74, 6) is -0.778. The van der Waals surface area contributed by atoms with Crippen LogP contribution in [0.4, 0.5) is 0 Å². The fourth-order valence-electron chi connectivity index (χ4n) is 2.91. The number of aliphatic carboxylic acids is 1. The Bertz CT molecular complexity index is 1160. The summed E-state index contributed by atoms with van der Waals surface area (Å²) in [5, 5.41) is 11.7. The molecule has 4 rings (SSSR count). The number of nitrogens with zero attached hydrogens (tertiary/aromatic N) is 3. The summed E-state index contributed by atoms with van der Waals surface area (Å²) < 4.78 is 1.21. The van der Waals surface area contributed by atoms with E-state index in [1.54, 1.807) is 35.9 Å². The van der Waals surface area contributed by atoms with Crippen molar-refractivity contribution in [1.82, 2.24) is 14.5 Å². The highest BCUT2D eigenvalue weighted by atomic mass is 32.1. The van der Waals surface area contributed by atoms with Crippen LogP contribution in [0, 0.1) is 6.92 Å². The Labute approximate surface area is 156 Å². The summed E-state index contributed by atoms with van der Waals surface area (Å²) in [7, 11) is 0. The maximum atomic E-state index is 13.2. The van der Waals surface area contributed by atoms with Gasteiger partial charge in [0.05, 0.1) is 5.39 Å². The van der Waals surface area contributed by atoms with E-state index in [-0.39, 0.29) is 5.56 Å². The van der Waals surface area contributed by atoms with Crippen LogP contribution in [0.5, 0.6) is 0 Å². The zero-order valence-electron chi connectivity index (χ0n) is 13.7. The molecule has 0 unspecified atom stereocenters. The Morgan fingerprint density at radius 2 is 2.15 bits per heavy atom. The van der Waals surface area contributed by atoms with Crippen LogP contribution in [-0.4, -0.2) is 25.6 Å². The van der Waals surface area contributed by atoms with Crippen LogP contribution in [0.2, 0.25) is 0 Å². The predicted octanol–water partition coefficient (Wildman–Crippen LogP) is 3.64. The first-order valence-electron chi connectivity index (χ1n) is 7.76. The second-order valence-electron chi connectivity index (χ2n) is 5.65. The molecule has 4 aromatic rings. The molecule has 4 heterocycles. The summed E-state index contributed by atoms with van der Waals surface area (Å²) in [5.41, 5.74) is 1.11. The van der Waals surface area contributed by atoms with Crippen LogP contribution >= 0.6 is 22.7 Å². The van der Waals surface area contributed by atoms with Gasteiger partial charge in [0.15, 0.2) is 0 Å². The van der Waals surface area contributed by atoms with Crippen molar-refractivity contribution < 1.29 is 9.90 Å². The van der Waals surface area contributed by atoms with Gasteiger partial charge in [0, 0.05) is 33.3 Å². The molecule has 26 heavy (non-hydrogen) atoms. The van der Waals surface area contributed by atoms with Crippen molar-refractivity contribution in [2.24, 2.45) is 0 Å². The molecule has 0 bridgehead atoms. The lowest BCUT2D eigenvalue weighted by Gasteiger charge is -2.10. The van der Waals surface area contributed by atoms with Gasteiger partial charge < -0.3 is 5.11 Å². The largest absolute Gasteiger partial charge is 0.480 e. The number of carboxylic acid groups (broad SMARTS) is 1. The number of aromatic nitrogens is 3. The number of hydrogen-bond acceptors (Lipinski definition) is 6. The SMILES string of the molecule is Cc1sc2nc(-c3cccnc3)n(CC(=O)O)c(=O)c2c1-c1cccs1. The average Bonchev–Trinajstić information content (AvgIpc) is 3.24. The fraction of sp³-hybridized carbons (Fsp3) is 0.111. The lowest BCUT2D eigenvalue weighted by Crippen LogP contribution is -2.26. The van der Waals surface area contributed by atoms with Gasteiger partial charge in [0.1, 0.15) is 17.2 Å². The summed E-state index contributed by atoms with van der Waals surface area (Å²) in [6.45, 7) is 1.50. The molecule has 0 radical (unpaired) electrons. The summed E-state index contributed by atoms with van der Waals surface area (Å²) >= 11 is 2.99. The molecular formula is C18H13N3O3S2. The van der Waals surface area contributed by atoms with E-state index in [0.717, 1.165) is 15.3 Å². The molecule has 8 heteroatoms. The van der Waals surface area contributed by atoms with Crippen molar-refractivity contribution in [2.45, 2.75) is 13.5 Å². The molecule has 4 aromatic heterocycles. The van der Waals surface area contributed by atoms with Crippen LogP contribution in [0.15, 0.2) is 46.8 Å². The summed E-state index contributed by atoms with van der Waals surface area (Å²) in [6.07, 6.45) is 3.19. The molecule has 0 aliphatic heterocycles. The molecular weight excluding hydrogens is 370 g/mol. The third-order valence-corrected chi connectivity index (χ3v) is 5.85. The van der Waals surface area contributed by atoms with Crippen molar-refractivity contribution >= 4 is 38.9 Å². The number of carbonyl (C=O) groups is 1. The molecule has 0 amide bonds. The van der Waals surface area contributed by atoms with Crippen molar-refractivity contribution in [3.05, 3.63) is 57.3 Å². The Morgan fingerprint density at radius 1 is 1.31 bits per heavy atom. The quantitative estimate of drug-likeness (QED) is 0.581. The maximum Gasteiger partial charge on any atom is 0.323 e. The first kappa shape index (κ1) is 16.6. The Hall–Kier alpha value is -2.84. The second kappa shape index (κ2) is 6.47. The molecule has 1 N–H and O–H groups in total. The molecule has 0 aliphatic rings. The summed E-state index contributed by atoms with van der Waals surface area (Å²) in [6, 6.07) is 7.37. The third kappa shape index (κ3) is 2.73. The highest BCUT2D eigenvalue weighted by Crippen LogP contribution is 2.38. The minimum atomic E-state index is -1.09. The fourth-order valence-corrected chi connectivity index (χ4v) is 4.84. The van der Waals surface area contributed by atoms with E-state index >= 15 is 0 Å². The van der Waals surface area contributed by atoms with E-state index in [1.807, 2.05) is 24.4 Å². The highest BCUT2D eigenvalue weighted by Gasteiger charge is 2.21. The Kier molecular flexibility index (Phi) is 4.14. The van der Waals surface area contributed by atoms with Crippen LogP contribution in [0.1, 0.15) is 4.88 Å². The minimum absolute atomic E-state index is 0.317. The van der Waals surface area contributed by atoms with E-state index in [0.29, 0.717) is 21.6 Å². The van der Waals surface area contributed by atoms with Gasteiger partial charge in [-0.3, -0.25) is 19.1 Å². The molecule has 130 valence electrons. The van der Waals surface area contributed by atoms with Crippen molar-refractivity contribution in [3.8, 4) is 21.8 Å². The van der Waals surface area contributed by atoms with Gasteiger partial charge in [0.2, 0.25) is 0 Å². The lowest BCUT2D eigenvalue weighted by molar-refractivity contribution is -0.137. The Morgan fingerprint density at radius 3 is 2.81 bits per heavy atom. The number of fused-ring (bicyclic) bond motifs is 1. The van der Waals surface area contributed by atoms with Crippen molar-refractivity contribution in [3.63, 3.8) is 0 Å². The first-order valence-corrected chi connectivity index (χ1v) is 9.46. The number of hydrogen-bond donors (Lipinski definition) is 1. The average molecular weight is 383 g/mol. The zero-order chi connectivity index (χ0) is 18.3. The number of thiophene rings is 2. The number of carboxylic acids is 1. The lowest BCUT2D eigenvalue weighted by atomic mass is 10.1. The van der Waals surface area contributed by atoms with Gasteiger partial charge in [-0.1, -0.05) is 6.07 Å². The predicted molar refractivity (Wildman–Crippen MR) is 103 cm³/mol. The summed E-state index contributed by atoms with van der Waals surface area (Å²) in [4.78, 5) is 35.9. The van der Waals surface area contributed by atoms with Gasteiger partial charge in [0.25, 0.3) is 5.56 Å². The zero-order valence-corrected chi connectivity index (χ0v) is 15.3. The number of rotatable bonds is 4. The molecule has 0 saturated carbocycles. The van der Waals surface area contributed by atoms with Crippen LogP contribution in [0.3, 0.4) is 0 Å². The van der Waals surface area contributed by atoms with Gasteiger partial charge in [-0.15, -0.1) is 22.7 Å². The van der Waals surface area contributed by atoms with E-state index < -0.39 is 12.5 Å². The van der Waals surface area contributed by atoms with E-state index in [4.69, 9.17) is 0 Å². The maximum absolute atomic E-state index is 13.2. The molecule has 6 nitrogen and oxygen atoms in total. The van der Waals surface area contributed by atoms with Gasteiger partial charge >= 0.3 is 5.97 Å². The van der Waals surface area contributed by atoms with Gasteiger partial charge in [-0.2, -0.15) is 0 Å². The van der Waals surface area contributed by atoms with Crippen molar-refractivity contribution in [2.75, 3.05) is 0 Å². The molecule has 0 spiro atoms. The van der Waals surface area contributed by atoms with E-state index in [2.05, 4.69) is 9.97 Å². The topological polar surface area (TPSA) is 85.1 Å². The van der Waals surface area contributed by atoms with E-state index in [1.165, 1.54) is 15.9 Å².